The van der Waals surface area contributed by atoms with Gasteiger partial charge in [-0.15, -0.1) is 0 Å². The van der Waals surface area contributed by atoms with Crippen LogP contribution in [0.1, 0.15) is 65.2 Å². The lowest BCUT2D eigenvalue weighted by Gasteiger charge is -2.29. The Morgan fingerprint density at radius 2 is 1.95 bits per heavy atom. The number of carbonyl (C=O) groups is 2. The summed E-state index contributed by atoms with van der Waals surface area (Å²) in [5, 5.41) is 19.0. The normalized spacial score (nSPS) is 25.6. The Labute approximate surface area is 120 Å². The van der Waals surface area contributed by atoms with E-state index in [0.29, 0.717) is 18.4 Å². The summed E-state index contributed by atoms with van der Waals surface area (Å²) in [4.78, 5) is 23.2. The molecule has 0 saturated carbocycles. The van der Waals surface area contributed by atoms with Gasteiger partial charge in [0.2, 0.25) is 0 Å². The molecule has 0 fully saturated rings. The first-order chi connectivity index (χ1) is 9.41. The summed E-state index contributed by atoms with van der Waals surface area (Å²) in [7, 11) is 0. The molecule has 20 heavy (non-hydrogen) atoms. The highest BCUT2D eigenvalue weighted by atomic mass is 16.4. The zero-order chi connectivity index (χ0) is 15.2. The first-order valence-corrected chi connectivity index (χ1v) is 7.55. The highest BCUT2D eigenvalue weighted by molar-refractivity contribution is 5.98. The van der Waals surface area contributed by atoms with Crippen LogP contribution in [0, 0.1) is 5.41 Å². The van der Waals surface area contributed by atoms with Crippen LogP contribution in [-0.4, -0.2) is 28.1 Å². The summed E-state index contributed by atoms with van der Waals surface area (Å²) in [5.41, 5.74) is -0.408. The lowest BCUT2D eigenvalue weighted by Crippen LogP contribution is -2.34. The van der Waals surface area contributed by atoms with Crippen LogP contribution in [0.5, 0.6) is 0 Å². The van der Waals surface area contributed by atoms with Crippen molar-refractivity contribution in [2.75, 3.05) is 0 Å². The third kappa shape index (κ3) is 4.17. The number of hydrogen-bond acceptors (Lipinski definition) is 3. The lowest BCUT2D eigenvalue weighted by atomic mass is 9.76. The van der Waals surface area contributed by atoms with Crippen molar-refractivity contribution in [3.63, 3.8) is 0 Å². The predicted molar refractivity (Wildman–Crippen MR) is 77.4 cm³/mol. The van der Waals surface area contributed by atoms with Gasteiger partial charge < -0.3 is 10.2 Å². The number of carboxylic acids is 1. The van der Waals surface area contributed by atoms with E-state index >= 15 is 0 Å². The SMILES string of the molecule is CCCCCCCC(=O)C1=CC[C@H](O)[C@]1(C)CC(=O)O. The molecular formula is C16H26O4. The molecule has 0 spiro atoms. The zero-order valence-electron chi connectivity index (χ0n) is 12.5. The van der Waals surface area contributed by atoms with Crippen molar-refractivity contribution >= 4 is 11.8 Å². The lowest BCUT2D eigenvalue weighted by molar-refractivity contribution is -0.140. The highest BCUT2D eigenvalue weighted by Gasteiger charge is 2.44. The van der Waals surface area contributed by atoms with E-state index in [4.69, 9.17) is 5.11 Å². The number of aliphatic carboxylic acids is 1. The molecule has 0 heterocycles. The second-order valence-corrected chi connectivity index (χ2v) is 5.94. The van der Waals surface area contributed by atoms with E-state index in [1.54, 1.807) is 13.0 Å². The predicted octanol–water partition coefficient (Wildman–Crippen LogP) is 3.09. The van der Waals surface area contributed by atoms with Gasteiger partial charge in [0, 0.05) is 17.4 Å². The molecule has 0 saturated heterocycles. The number of Topliss-reactive ketones (excluding diaryl/α,β-unsaturated/α-hetero) is 1. The van der Waals surface area contributed by atoms with Crippen LogP contribution in [0.25, 0.3) is 0 Å². The molecule has 0 bridgehead atoms. The molecule has 1 rings (SSSR count). The Morgan fingerprint density at radius 1 is 1.30 bits per heavy atom. The van der Waals surface area contributed by atoms with Gasteiger partial charge >= 0.3 is 5.97 Å². The van der Waals surface area contributed by atoms with Crippen LogP contribution in [0.3, 0.4) is 0 Å². The molecule has 4 nitrogen and oxygen atoms in total. The van der Waals surface area contributed by atoms with Crippen LogP contribution < -0.4 is 0 Å². The third-order valence-corrected chi connectivity index (χ3v) is 4.22. The van der Waals surface area contributed by atoms with E-state index in [1.165, 1.54) is 12.8 Å². The summed E-state index contributed by atoms with van der Waals surface area (Å²) < 4.78 is 0. The van der Waals surface area contributed by atoms with Gasteiger partial charge in [-0.05, 0) is 12.8 Å². The Bertz CT molecular complexity index is 386. The molecule has 4 heteroatoms. The van der Waals surface area contributed by atoms with E-state index < -0.39 is 17.5 Å². The van der Waals surface area contributed by atoms with Gasteiger partial charge in [0.1, 0.15) is 0 Å². The molecule has 0 radical (unpaired) electrons. The van der Waals surface area contributed by atoms with Crippen molar-refractivity contribution < 1.29 is 19.8 Å². The molecule has 114 valence electrons. The minimum absolute atomic E-state index is 0.00167. The van der Waals surface area contributed by atoms with Gasteiger partial charge in [0.25, 0.3) is 0 Å². The van der Waals surface area contributed by atoms with Crippen LogP contribution in [0.15, 0.2) is 11.6 Å². The maximum atomic E-state index is 12.2. The number of carboxylic acid groups (broad SMARTS) is 1. The fourth-order valence-electron chi connectivity index (χ4n) is 2.89. The maximum Gasteiger partial charge on any atom is 0.304 e. The molecule has 2 atom stereocenters. The molecule has 2 N–H and O–H groups in total. The minimum atomic E-state index is -0.977. The average Bonchev–Trinajstić information content (AvgIpc) is 2.64. The van der Waals surface area contributed by atoms with E-state index in [1.807, 2.05) is 0 Å². The second kappa shape index (κ2) is 7.58. The van der Waals surface area contributed by atoms with Crippen LogP contribution in [-0.2, 0) is 9.59 Å². The monoisotopic (exact) mass is 282 g/mol. The van der Waals surface area contributed by atoms with Gasteiger partial charge in [0.05, 0.1) is 12.5 Å². The molecule has 0 aliphatic heterocycles. The average molecular weight is 282 g/mol. The van der Waals surface area contributed by atoms with Crippen molar-refractivity contribution in [1.29, 1.82) is 0 Å². The van der Waals surface area contributed by atoms with Crippen molar-refractivity contribution in [2.24, 2.45) is 5.41 Å². The number of aliphatic hydroxyl groups is 1. The first kappa shape index (κ1) is 16.9. The van der Waals surface area contributed by atoms with Crippen molar-refractivity contribution in [3.05, 3.63) is 11.6 Å². The maximum absolute atomic E-state index is 12.2. The van der Waals surface area contributed by atoms with Crippen molar-refractivity contribution in [1.82, 2.24) is 0 Å². The fraction of sp³-hybridized carbons (Fsp3) is 0.750. The van der Waals surface area contributed by atoms with E-state index in [-0.39, 0.29) is 12.2 Å². The van der Waals surface area contributed by atoms with Crippen molar-refractivity contribution in [2.45, 2.75) is 71.3 Å². The summed E-state index contributed by atoms with van der Waals surface area (Å²) in [6.07, 6.45) is 6.96. The summed E-state index contributed by atoms with van der Waals surface area (Å²) in [6, 6.07) is 0. The summed E-state index contributed by atoms with van der Waals surface area (Å²) >= 11 is 0. The number of ketones is 1. The summed E-state index contributed by atoms with van der Waals surface area (Å²) in [6.45, 7) is 3.83. The van der Waals surface area contributed by atoms with E-state index in [2.05, 4.69) is 6.92 Å². The number of hydrogen-bond donors (Lipinski definition) is 2. The van der Waals surface area contributed by atoms with Crippen LogP contribution in [0.4, 0.5) is 0 Å². The van der Waals surface area contributed by atoms with Crippen LogP contribution in [0.2, 0.25) is 0 Å². The molecule has 1 aliphatic carbocycles. The first-order valence-electron chi connectivity index (χ1n) is 7.55. The van der Waals surface area contributed by atoms with E-state index in [0.717, 1.165) is 19.3 Å². The topological polar surface area (TPSA) is 74.6 Å². The molecular weight excluding hydrogens is 256 g/mol. The van der Waals surface area contributed by atoms with Crippen molar-refractivity contribution in [3.8, 4) is 0 Å². The molecule has 0 aromatic rings. The number of rotatable bonds is 9. The Hall–Kier alpha value is -1.16. The Balaban J connectivity index is 2.55. The van der Waals surface area contributed by atoms with Gasteiger partial charge in [-0.3, -0.25) is 9.59 Å². The molecule has 0 amide bonds. The van der Waals surface area contributed by atoms with Gasteiger partial charge in [-0.25, -0.2) is 0 Å². The Kier molecular flexibility index (Phi) is 6.40. The van der Waals surface area contributed by atoms with E-state index in [9.17, 15) is 14.7 Å². The zero-order valence-corrected chi connectivity index (χ0v) is 12.5. The molecule has 0 unspecified atom stereocenters. The smallest absolute Gasteiger partial charge is 0.304 e. The molecule has 0 aromatic heterocycles. The molecule has 0 aromatic carbocycles. The van der Waals surface area contributed by atoms with Gasteiger partial charge in [-0.1, -0.05) is 45.6 Å². The van der Waals surface area contributed by atoms with Crippen LogP contribution >= 0.6 is 0 Å². The number of unbranched alkanes of at least 4 members (excludes halogenated alkanes) is 4. The minimum Gasteiger partial charge on any atom is -0.481 e. The Morgan fingerprint density at radius 3 is 2.55 bits per heavy atom. The fourth-order valence-corrected chi connectivity index (χ4v) is 2.89. The quantitative estimate of drug-likeness (QED) is 0.637. The van der Waals surface area contributed by atoms with Gasteiger partial charge in [0.15, 0.2) is 5.78 Å². The molecule has 1 aliphatic rings. The number of aliphatic hydroxyl groups excluding tert-OH is 1. The highest BCUT2D eigenvalue weighted by Crippen LogP contribution is 2.42. The number of carbonyl (C=O) groups excluding carboxylic acids is 1. The largest absolute Gasteiger partial charge is 0.481 e. The summed E-state index contributed by atoms with van der Waals surface area (Å²) in [5.74, 6) is -0.975. The third-order valence-electron chi connectivity index (χ3n) is 4.22. The standard InChI is InChI=1S/C16H26O4/c1-3-4-5-6-7-8-13(17)12-9-10-14(18)16(12,2)11-15(19)20/h9,14,18H,3-8,10-11H2,1-2H3,(H,19,20)/t14-,16+/m0/s1. The second-order valence-electron chi connectivity index (χ2n) is 5.94. The van der Waals surface area contributed by atoms with Gasteiger partial charge in [-0.2, -0.15) is 0 Å².